The molecule has 2 rings (SSSR count). The van der Waals surface area contributed by atoms with E-state index in [1.54, 1.807) is 31.2 Å². The third-order valence-electron chi connectivity index (χ3n) is 4.74. The van der Waals surface area contributed by atoms with Crippen LogP contribution in [0.5, 0.6) is 0 Å². The Morgan fingerprint density at radius 1 is 1.17 bits per heavy atom. The first-order valence-corrected chi connectivity index (χ1v) is 7.72. The molecule has 1 aromatic carbocycles. The number of carboxylic acid groups (broad SMARTS) is 1. The van der Waals surface area contributed by atoms with Crippen LogP contribution in [0.3, 0.4) is 0 Å². The Kier molecular flexibility index (Phi) is 4.73. The Labute approximate surface area is 135 Å². The van der Waals surface area contributed by atoms with E-state index in [9.17, 15) is 19.5 Å². The van der Waals surface area contributed by atoms with Crippen molar-refractivity contribution in [2.75, 3.05) is 13.6 Å². The van der Waals surface area contributed by atoms with Gasteiger partial charge in [0.15, 0.2) is 0 Å². The van der Waals surface area contributed by atoms with Crippen LogP contribution in [0.1, 0.15) is 31.7 Å². The van der Waals surface area contributed by atoms with Crippen LogP contribution in [0, 0.1) is 5.41 Å². The highest BCUT2D eigenvalue weighted by Gasteiger charge is 2.56. The first kappa shape index (κ1) is 17.0. The van der Waals surface area contributed by atoms with Gasteiger partial charge in [0.25, 0.3) is 0 Å². The maximum absolute atomic E-state index is 12.4. The molecule has 1 unspecified atom stereocenters. The quantitative estimate of drug-likeness (QED) is 0.655. The van der Waals surface area contributed by atoms with Gasteiger partial charge in [0, 0.05) is 13.6 Å². The monoisotopic (exact) mass is 318 g/mol. The van der Waals surface area contributed by atoms with Gasteiger partial charge in [-0.15, -0.1) is 0 Å². The van der Waals surface area contributed by atoms with Gasteiger partial charge in [-0.3, -0.25) is 14.4 Å². The minimum Gasteiger partial charge on any atom is -0.481 e. The SMILES string of the molecule is CCC(CNC(=O)C1(C(=O)NC)CC1)(C(=O)O)c1ccccc1. The molecule has 6 nitrogen and oxygen atoms in total. The second-order valence-corrected chi connectivity index (χ2v) is 5.95. The van der Waals surface area contributed by atoms with E-state index in [4.69, 9.17) is 0 Å². The molecule has 1 aromatic rings. The summed E-state index contributed by atoms with van der Waals surface area (Å²) in [5.41, 5.74) is -1.58. The first-order valence-electron chi connectivity index (χ1n) is 7.72. The topological polar surface area (TPSA) is 95.5 Å². The lowest BCUT2D eigenvalue weighted by Gasteiger charge is -2.29. The average Bonchev–Trinajstić information content (AvgIpc) is 3.37. The second kappa shape index (κ2) is 6.40. The van der Waals surface area contributed by atoms with Gasteiger partial charge in [0.1, 0.15) is 10.8 Å². The van der Waals surface area contributed by atoms with Gasteiger partial charge in [-0.25, -0.2) is 0 Å². The number of hydrogen-bond acceptors (Lipinski definition) is 3. The number of rotatable bonds is 7. The lowest BCUT2D eigenvalue weighted by Crippen LogP contribution is -2.50. The number of benzene rings is 1. The highest BCUT2D eigenvalue weighted by atomic mass is 16.4. The number of nitrogens with one attached hydrogen (secondary N) is 2. The number of carbonyl (C=O) groups is 3. The molecule has 124 valence electrons. The van der Waals surface area contributed by atoms with Gasteiger partial charge < -0.3 is 15.7 Å². The summed E-state index contributed by atoms with van der Waals surface area (Å²) in [6, 6.07) is 8.86. The van der Waals surface area contributed by atoms with Crippen LogP contribution < -0.4 is 10.6 Å². The van der Waals surface area contributed by atoms with Crippen molar-refractivity contribution in [2.24, 2.45) is 5.41 Å². The first-order chi connectivity index (χ1) is 10.9. The predicted octanol–water partition coefficient (Wildman–Crippen LogP) is 1.06. The molecule has 0 spiro atoms. The Morgan fingerprint density at radius 3 is 2.22 bits per heavy atom. The smallest absolute Gasteiger partial charge is 0.315 e. The van der Waals surface area contributed by atoms with Gasteiger partial charge in [-0.2, -0.15) is 0 Å². The Morgan fingerprint density at radius 2 is 1.78 bits per heavy atom. The molecule has 23 heavy (non-hydrogen) atoms. The molecule has 0 aromatic heterocycles. The van der Waals surface area contributed by atoms with Crippen molar-refractivity contribution in [3.05, 3.63) is 35.9 Å². The molecule has 0 saturated heterocycles. The van der Waals surface area contributed by atoms with Gasteiger partial charge >= 0.3 is 5.97 Å². The van der Waals surface area contributed by atoms with Crippen LogP contribution >= 0.6 is 0 Å². The zero-order chi connectivity index (χ0) is 17.1. The molecule has 1 saturated carbocycles. The molecular weight excluding hydrogens is 296 g/mol. The Bertz CT molecular complexity index is 610. The summed E-state index contributed by atoms with van der Waals surface area (Å²) in [7, 11) is 1.49. The zero-order valence-electron chi connectivity index (χ0n) is 13.4. The molecule has 2 amide bonds. The van der Waals surface area contributed by atoms with Gasteiger partial charge in [-0.05, 0) is 24.8 Å². The minimum atomic E-state index is -1.20. The number of carbonyl (C=O) groups excluding carboxylic acids is 2. The molecule has 1 aliphatic carbocycles. The zero-order valence-corrected chi connectivity index (χ0v) is 13.4. The second-order valence-electron chi connectivity index (χ2n) is 5.95. The maximum Gasteiger partial charge on any atom is 0.315 e. The van der Waals surface area contributed by atoms with E-state index in [1.807, 2.05) is 6.07 Å². The molecule has 6 heteroatoms. The van der Waals surface area contributed by atoms with Gasteiger partial charge in [0.2, 0.25) is 11.8 Å². The fraction of sp³-hybridized carbons (Fsp3) is 0.471. The molecule has 0 heterocycles. The highest BCUT2D eigenvalue weighted by molar-refractivity contribution is 6.07. The molecule has 0 bridgehead atoms. The van der Waals surface area contributed by atoms with Crippen LogP contribution in [0.15, 0.2) is 30.3 Å². The number of hydrogen-bond donors (Lipinski definition) is 3. The number of carboxylic acids is 1. The standard InChI is InChI=1S/C17H22N2O4/c1-3-16(15(22)23,12-7-5-4-6-8-12)11-19-14(21)17(9-10-17)13(20)18-2/h4-8H,3,9-11H2,1-2H3,(H,18,20)(H,19,21)(H,22,23). The van der Waals surface area contributed by atoms with E-state index < -0.39 is 22.7 Å². The summed E-state index contributed by atoms with van der Waals surface area (Å²) in [6.07, 6.45) is 1.33. The van der Waals surface area contributed by atoms with Gasteiger partial charge in [0.05, 0.1) is 0 Å². The maximum atomic E-state index is 12.4. The molecule has 0 aliphatic heterocycles. The van der Waals surface area contributed by atoms with Crippen molar-refractivity contribution in [3.63, 3.8) is 0 Å². The molecule has 0 radical (unpaired) electrons. The number of amides is 2. The van der Waals surface area contributed by atoms with Crippen molar-refractivity contribution in [1.82, 2.24) is 10.6 Å². The normalized spacial score (nSPS) is 17.7. The highest BCUT2D eigenvalue weighted by Crippen LogP contribution is 2.46. The lowest BCUT2D eigenvalue weighted by molar-refractivity contribution is -0.144. The van der Waals surface area contributed by atoms with E-state index in [2.05, 4.69) is 10.6 Å². The van der Waals surface area contributed by atoms with E-state index in [0.29, 0.717) is 24.8 Å². The van der Waals surface area contributed by atoms with Crippen molar-refractivity contribution >= 4 is 17.8 Å². The third kappa shape index (κ3) is 2.93. The van der Waals surface area contributed by atoms with Crippen LogP contribution in [-0.2, 0) is 19.8 Å². The van der Waals surface area contributed by atoms with Crippen LogP contribution in [-0.4, -0.2) is 36.5 Å². The van der Waals surface area contributed by atoms with E-state index in [1.165, 1.54) is 7.05 Å². The van der Waals surface area contributed by atoms with Crippen molar-refractivity contribution < 1.29 is 19.5 Å². The molecule has 1 atom stereocenters. The van der Waals surface area contributed by atoms with Crippen LogP contribution in [0.2, 0.25) is 0 Å². The van der Waals surface area contributed by atoms with Crippen molar-refractivity contribution in [1.29, 1.82) is 0 Å². The Balaban J connectivity index is 2.19. The van der Waals surface area contributed by atoms with Crippen LogP contribution in [0.4, 0.5) is 0 Å². The Hall–Kier alpha value is -2.37. The summed E-state index contributed by atoms with van der Waals surface area (Å²) in [5, 5.41) is 14.9. The summed E-state index contributed by atoms with van der Waals surface area (Å²) < 4.78 is 0. The summed E-state index contributed by atoms with van der Waals surface area (Å²) in [5.74, 6) is -1.70. The van der Waals surface area contributed by atoms with Gasteiger partial charge in [-0.1, -0.05) is 37.3 Å². The predicted molar refractivity (Wildman–Crippen MR) is 84.8 cm³/mol. The van der Waals surface area contributed by atoms with E-state index >= 15 is 0 Å². The average molecular weight is 318 g/mol. The summed E-state index contributed by atoms with van der Waals surface area (Å²) in [6.45, 7) is 1.74. The van der Waals surface area contributed by atoms with Crippen molar-refractivity contribution in [3.8, 4) is 0 Å². The fourth-order valence-corrected chi connectivity index (χ4v) is 2.86. The molecular formula is C17H22N2O4. The molecule has 1 fully saturated rings. The van der Waals surface area contributed by atoms with E-state index in [-0.39, 0.29) is 12.5 Å². The summed E-state index contributed by atoms with van der Waals surface area (Å²) >= 11 is 0. The van der Waals surface area contributed by atoms with Crippen LogP contribution in [0.25, 0.3) is 0 Å². The third-order valence-corrected chi connectivity index (χ3v) is 4.74. The minimum absolute atomic E-state index is 0.0412. The van der Waals surface area contributed by atoms with Crippen molar-refractivity contribution in [2.45, 2.75) is 31.6 Å². The number of aliphatic carboxylic acids is 1. The molecule has 1 aliphatic rings. The summed E-state index contributed by atoms with van der Waals surface area (Å²) in [4.78, 5) is 36.1. The fourth-order valence-electron chi connectivity index (χ4n) is 2.86. The molecule has 3 N–H and O–H groups in total. The van der Waals surface area contributed by atoms with E-state index in [0.717, 1.165) is 0 Å². The largest absolute Gasteiger partial charge is 0.481 e. The lowest BCUT2D eigenvalue weighted by atomic mass is 9.78.